The molecule has 0 aromatic heterocycles. The van der Waals surface area contributed by atoms with Gasteiger partial charge >= 0.3 is 0 Å². The van der Waals surface area contributed by atoms with E-state index in [2.05, 4.69) is 26.6 Å². The van der Waals surface area contributed by atoms with Gasteiger partial charge in [-0.05, 0) is 43.5 Å². The van der Waals surface area contributed by atoms with Crippen molar-refractivity contribution in [3.8, 4) is 0 Å². The van der Waals surface area contributed by atoms with Gasteiger partial charge in [-0.2, -0.15) is 0 Å². The molecular weight excluding hydrogens is 308 g/mol. The monoisotopic (exact) mass is 326 g/mol. The Morgan fingerprint density at radius 1 is 1.21 bits per heavy atom. The van der Waals surface area contributed by atoms with Crippen LogP contribution in [-0.4, -0.2) is 17.1 Å². The van der Waals surface area contributed by atoms with Crippen LogP contribution in [0.1, 0.15) is 31.7 Å². The van der Waals surface area contributed by atoms with Crippen molar-refractivity contribution < 1.29 is 9.59 Å². The van der Waals surface area contributed by atoms with E-state index in [0.29, 0.717) is 6.42 Å². The van der Waals surface area contributed by atoms with Crippen molar-refractivity contribution in [3.63, 3.8) is 0 Å². The minimum atomic E-state index is -0.102. The minimum Gasteiger partial charge on any atom is -0.326 e. The summed E-state index contributed by atoms with van der Waals surface area (Å²) in [5, 5.41) is 6.52. The lowest BCUT2D eigenvalue weighted by molar-refractivity contribution is -0.116. The molecule has 0 unspecified atom stereocenters. The molecule has 104 valence electrons. The highest BCUT2D eigenvalue weighted by Gasteiger charge is 2.05. The molecule has 0 atom stereocenters. The number of carbonyl (C=O) groups excluding carboxylic acids is 2. The van der Waals surface area contributed by atoms with Gasteiger partial charge in [0.1, 0.15) is 0 Å². The van der Waals surface area contributed by atoms with Gasteiger partial charge in [-0.3, -0.25) is 9.59 Å². The number of aryl methyl sites for hydroxylation is 1. The molecule has 2 N–H and O–H groups in total. The zero-order valence-corrected chi connectivity index (χ0v) is 12.8. The molecule has 1 aromatic carbocycles. The third-order valence-electron chi connectivity index (χ3n) is 2.61. The summed E-state index contributed by atoms with van der Waals surface area (Å²) in [7, 11) is 0. The van der Waals surface area contributed by atoms with E-state index in [9.17, 15) is 9.59 Å². The van der Waals surface area contributed by atoms with E-state index in [1.807, 2.05) is 13.0 Å². The van der Waals surface area contributed by atoms with E-state index in [1.165, 1.54) is 6.92 Å². The van der Waals surface area contributed by atoms with E-state index in [1.54, 1.807) is 12.1 Å². The van der Waals surface area contributed by atoms with Crippen LogP contribution in [-0.2, 0) is 9.59 Å². The number of benzene rings is 1. The number of nitrogens with one attached hydrogen (secondary N) is 2. The SMILES string of the molecule is CC(=O)Nc1ccc(NC(=O)CCCCBr)cc1C. The molecule has 1 aromatic rings. The first-order chi connectivity index (χ1) is 9.02. The van der Waals surface area contributed by atoms with Crippen molar-refractivity contribution in [1.82, 2.24) is 0 Å². The second-order valence-electron chi connectivity index (χ2n) is 4.41. The molecule has 0 aliphatic rings. The summed E-state index contributed by atoms with van der Waals surface area (Å²) in [6, 6.07) is 5.44. The molecule has 0 bridgehead atoms. The van der Waals surface area contributed by atoms with Crippen molar-refractivity contribution in [2.24, 2.45) is 0 Å². The van der Waals surface area contributed by atoms with Crippen LogP contribution in [0.2, 0.25) is 0 Å². The van der Waals surface area contributed by atoms with Crippen molar-refractivity contribution in [2.75, 3.05) is 16.0 Å². The predicted molar refractivity (Wildman–Crippen MR) is 81.8 cm³/mol. The molecule has 0 heterocycles. The van der Waals surface area contributed by atoms with Gasteiger partial charge in [-0.25, -0.2) is 0 Å². The lowest BCUT2D eigenvalue weighted by atomic mass is 10.1. The van der Waals surface area contributed by atoms with Crippen LogP contribution in [0.5, 0.6) is 0 Å². The van der Waals surface area contributed by atoms with E-state index in [0.717, 1.165) is 35.1 Å². The predicted octanol–water partition coefficient (Wildman–Crippen LogP) is 3.46. The van der Waals surface area contributed by atoms with Crippen LogP contribution in [0, 0.1) is 6.92 Å². The smallest absolute Gasteiger partial charge is 0.224 e. The average molecular weight is 327 g/mol. The second kappa shape index (κ2) is 7.94. The number of carbonyl (C=O) groups is 2. The fourth-order valence-electron chi connectivity index (χ4n) is 1.67. The molecule has 19 heavy (non-hydrogen) atoms. The topological polar surface area (TPSA) is 58.2 Å². The Balaban J connectivity index is 2.58. The third-order valence-corrected chi connectivity index (χ3v) is 3.17. The van der Waals surface area contributed by atoms with Gasteiger partial charge in [0.25, 0.3) is 0 Å². The number of halogens is 1. The Kier molecular flexibility index (Phi) is 6.56. The quantitative estimate of drug-likeness (QED) is 0.621. The van der Waals surface area contributed by atoms with E-state index < -0.39 is 0 Å². The maximum absolute atomic E-state index is 11.7. The van der Waals surface area contributed by atoms with Crippen molar-refractivity contribution in [1.29, 1.82) is 0 Å². The first-order valence-electron chi connectivity index (χ1n) is 6.27. The van der Waals surface area contributed by atoms with Crippen LogP contribution in [0.25, 0.3) is 0 Å². The summed E-state index contributed by atoms with van der Waals surface area (Å²) in [5.41, 5.74) is 2.45. The van der Waals surface area contributed by atoms with Crippen molar-refractivity contribution >= 4 is 39.1 Å². The standard InChI is InChI=1S/C14H19BrN2O2/c1-10-9-12(6-7-13(10)16-11(2)18)17-14(19)5-3-4-8-15/h6-7,9H,3-5,8H2,1-2H3,(H,16,18)(H,17,19). The molecular formula is C14H19BrN2O2. The molecule has 0 aliphatic carbocycles. The Morgan fingerprint density at radius 3 is 2.53 bits per heavy atom. The molecule has 0 fully saturated rings. The molecule has 4 nitrogen and oxygen atoms in total. The minimum absolute atomic E-state index is 0.0210. The van der Waals surface area contributed by atoms with Gasteiger partial charge in [-0.15, -0.1) is 0 Å². The number of anilines is 2. The first-order valence-corrected chi connectivity index (χ1v) is 7.39. The van der Waals surface area contributed by atoms with Gasteiger partial charge in [-0.1, -0.05) is 15.9 Å². The first kappa shape index (κ1) is 15.7. The summed E-state index contributed by atoms with van der Waals surface area (Å²) in [6.45, 7) is 3.37. The molecule has 1 rings (SSSR count). The third kappa shape index (κ3) is 5.87. The number of rotatable bonds is 6. The molecule has 0 saturated carbocycles. The largest absolute Gasteiger partial charge is 0.326 e. The van der Waals surface area contributed by atoms with E-state index >= 15 is 0 Å². The number of amides is 2. The Morgan fingerprint density at radius 2 is 1.95 bits per heavy atom. The molecule has 0 spiro atoms. The van der Waals surface area contributed by atoms with Crippen molar-refractivity contribution in [3.05, 3.63) is 23.8 Å². The normalized spacial score (nSPS) is 10.1. The number of hydrogen-bond donors (Lipinski definition) is 2. The highest BCUT2D eigenvalue weighted by molar-refractivity contribution is 9.09. The highest BCUT2D eigenvalue weighted by Crippen LogP contribution is 2.20. The zero-order chi connectivity index (χ0) is 14.3. The lowest BCUT2D eigenvalue weighted by Crippen LogP contribution is -2.12. The molecule has 5 heteroatoms. The fourth-order valence-corrected chi connectivity index (χ4v) is 2.07. The molecule has 0 aliphatic heterocycles. The number of unbranched alkanes of at least 4 members (excludes halogenated alkanes) is 1. The average Bonchev–Trinajstić information content (AvgIpc) is 2.32. The highest BCUT2D eigenvalue weighted by atomic mass is 79.9. The van der Waals surface area contributed by atoms with Gasteiger partial charge in [0.2, 0.25) is 11.8 Å². The number of hydrogen-bond acceptors (Lipinski definition) is 2. The van der Waals surface area contributed by atoms with Gasteiger partial charge < -0.3 is 10.6 Å². The summed E-state index contributed by atoms with van der Waals surface area (Å²) < 4.78 is 0. The maximum Gasteiger partial charge on any atom is 0.224 e. The second-order valence-corrected chi connectivity index (χ2v) is 5.20. The molecule has 0 radical (unpaired) electrons. The molecule has 0 saturated heterocycles. The summed E-state index contributed by atoms with van der Waals surface area (Å²) >= 11 is 3.34. The number of alkyl halides is 1. The molecule has 2 amide bonds. The van der Waals surface area contributed by atoms with Gasteiger partial charge in [0.05, 0.1) is 0 Å². The Labute approximate surface area is 122 Å². The summed E-state index contributed by atoms with van der Waals surface area (Å²) in [6.07, 6.45) is 2.39. The summed E-state index contributed by atoms with van der Waals surface area (Å²) in [4.78, 5) is 22.7. The van der Waals surface area contributed by atoms with Gasteiger partial charge in [0.15, 0.2) is 0 Å². The maximum atomic E-state index is 11.7. The van der Waals surface area contributed by atoms with Gasteiger partial charge in [0, 0.05) is 30.0 Å². The Bertz CT molecular complexity index is 461. The zero-order valence-electron chi connectivity index (χ0n) is 11.3. The fraction of sp³-hybridized carbons (Fsp3) is 0.429. The van der Waals surface area contributed by atoms with E-state index in [4.69, 9.17) is 0 Å². The van der Waals surface area contributed by atoms with Crippen LogP contribution < -0.4 is 10.6 Å². The van der Waals surface area contributed by atoms with Crippen LogP contribution in [0.4, 0.5) is 11.4 Å². The summed E-state index contributed by atoms with van der Waals surface area (Å²) in [5.74, 6) is -0.0812. The van der Waals surface area contributed by atoms with Crippen LogP contribution >= 0.6 is 15.9 Å². The van der Waals surface area contributed by atoms with Crippen molar-refractivity contribution in [2.45, 2.75) is 33.1 Å². The Hall–Kier alpha value is -1.36. The van der Waals surface area contributed by atoms with Crippen LogP contribution in [0.15, 0.2) is 18.2 Å². The van der Waals surface area contributed by atoms with Crippen LogP contribution in [0.3, 0.4) is 0 Å². The lowest BCUT2D eigenvalue weighted by Gasteiger charge is -2.10. The van der Waals surface area contributed by atoms with E-state index in [-0.39, 0.29) is 11.8 Å².